The van der Waals surface area contributed by atoms with E-state index >= 15 is 0 Å². The molecular weight excluding hydrogens is 354 g/mol. The first-order chi connectivity index (χ1) is 13.7. The van der Waals surface area contributed by atoms with Gasteiger partial charge in [-0.1, -0.05) is 42.5 Å². The minimum Gasteiger partial charge on any atom is -0.497 e. The summed E-state index contributed by atoms with van der Waals surface area (Å²) in [4.78, 5) is 17.2. The summed E-state index contributed by atoms with van der Waals surface area (Å²) in [5, 5.41) is 10.9. The van der Waals surface area contributed by atoms with Crippen molar-refractivity contribution < 1.29 is 9.53 Å². The van der Waals surface area contributed by atoms with Crippen molar-refractivity contribution in [3.05, 3.63) is 65.9 Å². The van der Waals surface area contributed by atoms with E-state index in [1.807, 2.05) is 47.4 Å². The second-order valence-corrected chi connectivity index (χ2v) is 6.81. The predicted molar refractivity (Wildman–Crippen MR) is 106 cm³/mol. The number of carbonyl (C=O) groups excluding carboxylic acids is 1. The van der Waals surface area contributed by atoms with Crippen LogP contribution in [0.3, 0.4) is 0 Å². The fourth-order valence-corrected chi connectivity index (χ4v) is 3.47. The summed E-state index contributed by atoms with van der Waals surface area (Å²) >= 11 is 0. The quantitative estimate of drug-likeness (QED) is 0.739. The van der Waals surface area contributed by atoms with Gasteiger partial charge in [0.25, 0.3) is 5.91 Å². The third-order valence-corrected chi connectivity index (χ3v) is 5.00. The fourth-order valence-electron chi connectivity index (χ4n) is 3.47. The number of H-pyrrole nitrogens is 1. The molecule has 2 heterocycles. The highest BCUT2D eigenvalue weighted by Crippen LogP contribution is 2.21. The molecule has 0 atom stereocenters. The lowest BCUT2D eigenvalue weighted by Gasteiger charge is -2.34. The van der Waals surface area contributed by atoms with Crippen molar-refractivity contribution in [2.45, 2.75) is 6.54 Å². The molecule has 0 radical (unpaired) electrons. The second-order valence-electron chi connectivity index (χ2n) is 6.81. The summed E-state index contributed by atoms with van der Waals surface area (Å²) < 4.78 is 5.29. The van der Waals surface area contributed by atoms with Crippen LogP contribution in [-0.2, 0) is 6.54 Å². The summed E-state index contributed by atoms with van der Waals surface area (Å²) in [6.45, 7) is 3.83. The van der Waals surface area contributed by atoms with Crippen LogP contribution >= 0.6 is 0 Å². The van der Waals surface area contributed by atoms with Crippen molar-refractivity contribution in [2.24, 2.45) is 0 Å². The van der Waals surface area contributed by atoms with Crippen molar-refractivity contribution in [1.82, 2.24) is 25.2 Å². The van der Waals surface area contributed by atoms with E-state index in [4.69, 9.17) is 4.74 Å². The number of amides is 1. The molecule has 0 bridgehead atoms. The molecule has 1 fully saturated rings. The van der Waals surface area contributed by atoms with Gasteiger partial charge in [-0.25, -0.2) is 0 Å². The van der Waals surface area contributed by atoms with Gasteiger partial charge in [0.15, 0.2) is 5.69 Å². The Morgan fingerprint density at radius 1 is 1.04 bits per heavy atom. The first-order valence-electron chi connectivity index (χ1n) is 9.35. The Bertz CT molecular complexity index is 933. The topological polar surface area (TPSA) is 74.3 Å². The Morgan fingerprint density at radius 3 is 2.57 bits per heavy atom. The van der Waals surface area contributed by atoms with Gasteiger partial charge in [0.05, 0.1) is 7.11 Å². The molecular formula is C21H23N5O2. The van der Waals surface area contributed by atoms with Gasteiger partial charge in [0.2, 0.25) is 0 Å². The summed E-state index contributed by atoms with van der Waals surface area (Å²) in [6.07, 6.45) is 0. The van der Waals surface area contributed by atoms with E-state index in [1.54, 1.807) is 7.11 Å². The molecule has 0 saturated carbocycles. The molecule has 0 unspecified atom stereocenters. The van der Waals surface area contributed by atoms with Crippen molar-refractivity contribution >= 4 is 5.91 Å². The number of aromatic amines is 1. The molecule has 2 aromatic carbocycles. The lowest BCUT2D eigenvalue weighted by Crippen LogP contribution is -2.48. The third kappa shape index (κ3) is 3.89. The summed E-state index contributed by atoms with van der Waals surface area (Å²) in [5.41, 5.74) is 3.08. The summed E-state index contributed by atoms with van der Waals surface area (Å²) in [6, 6.07) is 17.8. The molecule has 1 amide bonds. The standard InChI is InChI=1S/C21H23N5O2/c1-28-18-9-5-6-16(14-18)15-25-10-12-26(13-11-25)21(27)20-19(22-24-23-20)17-7-3-2-4-8-17/h2-9,14H,10-13,15H2,1H3,(H,22,23,24). The number of piperazine rings is 1. The molecule has 1 N–H and O–H groups in total. The molecule has 0 spiro atoms. The average molecular weight is 377 g/mol. The van der Waals surface area contributed by atoms with E-state index in [0.29, 0.717) is 24.5 Å². The molecule has 144 valence electrons. The van der Waals surface area contributed by atoms with Gasteiger partial charge in [-0.2, -0.15) is 15.4 Å². The minimum atomic E-state index is -0.0753. The van der Waals surface area contributed by atoms with Gasteiger partial charge >= 0.3 is 0 Å². The van der Waals surface area contributed by atoms with Crippen LogP contribution in [0.4, 0.5) is 0 Å². The fraction of sp³-hybridized carbons (Fsp3) is 0.286. The van der Waals surface area contributed by atoms with E-state index in [9.17, 15) is 4.79 Å². The minimum absolute atomic E-state index is 0.0753. The van der Waals surface area contributed by atoms with Crippen LogP contribution < -0.4 is 4.74 Å². The Kier molecular flexibility index (Phi) is 5.34. The monoisotopic (exact) mass is 377 g/mol. The Hall–Kier alpha value is -3.19. The maximum atomic E-state index is 13.0. The molecule has 1 aliphatic heterocycles. The molecule has 1 aliphatic rings. The first kappa shape index (κ1) is 18.2. The number of rotatable bonds is 5. The van der Waals surface area contributed by atoms with Gasteiger partial charge in [-0.3, -0.25) is 9.69 Å². The zero-order valence-electron chi connectivity index (χ0n) is 15.8. The SMILES string of the molecule is COc1cccc(CN2CCN(C(=O)c3n[nH]nc3-c3ccccc3)CC2)c1. The second kappa shape index (κ2) is 8.22. The smallest absolute Gasteiger partial charge is 0.276 e. The first-order valence-corrected chi connectivity index (χ1v) is 9.35. The molecule has 1 saturated heterocycles. The molecule has 28 heavy (non-hydrogen) atoms. The van der Waals surface area contributed by atoms with Crippen LogP contribution in [0.15, 0.2) is 54.6 Å². The van der Waals surface area contributed by atoms with Crippen molar-refractivity contribution in [3.8, 4) is 17.0 Å². The van der Waals surface area contributed by atoms with E-state index in [-0.39, 0.29) is 5.91 Å². The number of benzene rings is 2. The molecule has 7 heteroatoms. The maximum Gasteiger partial charge on any atom is 0.276 e. The molecule has 3 aromatic rings. The number of ether oxygens (including phenoxy) is 1. The van der Waals surface area contributed by atoms with E-state index in [1.165, 1.54) is 5.56 Å². The van der Waals surface area contributed by atoms with Crippen LogP contribution in [0.2, 0.25) is 0 Å². The number of methoxy groups -OCH3 is 1. The summed E-state index contributed by atoms with van der Waals surface area (Å²) in [5.74, 6) is 0.791. The van der Waals surface area contributed by atoms with Gasteiger partial charge in [0.1, 0.15) is 11.4 Å². The normalized spacial score (nSPS) is 14.8. The van der Waals surface area contributed by atoms with Crippen LogP contribution in [0.25, 0.3) is 11.3 Å². The van der Waals surface area contributed by atoms with Crippen LogP contribution in [-0.4, -0.2) is 64.4 Å². The summed E-state index contributed by atoms with van der Waals surface area (Å²) in [7, 11) is 1.68. The molecule has 4 rings (SSSR count). The van der Waals surface area contributed by atoms with Crippen molar-refractivity contribution in [3.63, 3.8) is 0 Å². The van der Waals surface area contributed by atoms with Gasteiger partial charge < -0.3 is 9.64 Å². The Balaban J connectivity index is 1.39. The number of nitrogens with zero attached hydrogens (tertiary/aromatic N) is 4. The molecule has 7 nitrogen and oxygen atoms in total. The number of carbonyl (C=O) groups is 1. The highest BCUT2D eigenvalue weighted by atomic mass is 16.5. The van der Waals surface area contributed by atoms with E-state index in [0.717, 1.165) is 30.9 Å². The molecule has 1 aromatic heterocycles. The lowest BCUT2D eigenvalue weighted by atomic mass is 10.1. The number of nitrogens with one attached hydrogen (secondary N) is 1. The predicted octanol–water partition coefficient (Wildman–Crippen LogP) is 2.44. The lowest BCUT2D eigenvalue weighted by molar-refractivity contribution is 0.0623. The van der Waals surface area contributed by atoms with Gasteiger partial charge in [0, 0.05) is 38.3 Å². The Labute approximate surface area is 163 Å². The highest BCUT2D eigenvalue weighted by molar-refractivity contribution is 5.97. The van der Waals surface area contributed by atoms with Crippen molar-refractivity contribution in [2.75, 3.05) is 33.3 Å². The zero-order chi connectivity index (χ0) is 19.3. The largest absolute Gasteiger partial charge is 0.497 e. The number of hydrogen-bond donors (Lipinski definition) is 1. The third-order valence-electron chi connectivity index (χ3n) is 5.00. The maximum absolute atomic E-state index is 13.0. The molecule has 0 aliphatic carbocycles. The van der Waals surface area contributed by atoms with Gasteiger partial charge in [-0.05, 0) is 17.7 Å². The number of hydrogen-bond acceptors (Lipinski definition) is 5. The van der Waals surface area contributed by atoms with Crippen molar-refractivity contribution in [1.29, 1.82) is 0 Å². The van der Waals surface area contributed by atoms with E-state index < -0.39 is 0 Å². The number of aromatic nitrogens is 3. The Morgan fingerprint density at radius 2 is 1.82 bits per heavy atom. The van der Waals surface area contributed by atoms with Crippen LogP contribution in [0.1, 0.15) is 16.1 Å². The zero-order valence-corrected chi connectivity index (χ0v) is 15.8. The van der Waals surface area contributed by atoms with Crippen LogP contribution in [0.5, 0.6) is 5.75 Å². The van der Waals surface area contributed by atoms with Crippen LogP contribution in [0, 0.1) is 0 Å². The van der Waals surface area contributed by atoms with Gasteiger partial charge in [-0.15, -0.1) is 0 Å². The van der Waals surface area contributed by atoms with E-state index in [2.05, 4.69) is 32.4 Å². The average Bonchev–Trinajstić information content (AvgIpc) is 3.24. The highest BCUT2D eigenvalue weighted by Gasteiger charge is 2.26.